The maximum Gasteiger partial charge on any atom is 0.252 e. The minimum atomic E-state index is -0.667. The highest BCUT2D eigenvalue weighted by Crippen LogP contribution is 2.20. The lowest BCUT2D eigenvalue weighted by Crippen LogP contribution is -2.48. The van der Waals surface area contributed by atoms with Crippen LogP contribution in [0.25, 0.3) is 0 Å². The molecule has 1 atom stereocenters. The predicted molar refractivity (Wildman–Crippen MR) is 81.5 cm³/mol. The predicted octanol–water partition coefficient (Wildman–Crippen LogP) is 2.74. The first-order chi connectivity index (χ1) is 9.96. The van der Waals surface area contributed by atoms with Gasteiger partial charge in [0.25, 0.3) is 5.91 Å². The van der Waals surface area contributed by atoms with Crippen molar-refractivity contribution in [2.45, 2.75) is 19.4 Å². The molecule has 2 rings (SSSR count). The first kappa shape index (κ1) is 15.2. The number of benzene rings is 2. The Morgan fingerprint density at radius 1 is 1.24 bits per heavy atom. The Bertz CT molecular complexity index is 642. The standard InChI is InChI=1S/C17H19FN2O/c1-12-10-14(18)8-9-15(12)16(21)20-17(2,11-19)13-6-4-3-5-7-13/h3-10H,11,19H2,1-2H3,(H,20,21). The smallest absolute Gasteiger partial charge is 0.252 e. The SMILES string of the molecule is Cc1cc(F)ccc1C(=O)NC(C)(CN)c1ccccc1. The molecule has 0 fully saturated rings. The number of nitrogens with one attached hydrogen (secondary N) is 1. The fourth-order valence-corrected chi connectivity index (χ4v) is 2.25. The Morgan fingerprint density at radius 3 is 2.48 bits per heavy atom. The van der Waals surface area contributed by atoms with E-state index in [4.69, 9.17) is 5.73 Å². The fraction of sp³-hybridized carbons (Fsp3) is 0.235. The average molecular weight is 286 g/mol. The molecule has 2 aromatic rings. The largest absolute Gasteiger partial charge is 0.342 e. The van der Waals surface area contributed by atoms with Gasteiger partial charge in [-0.3, -0.25) is 4.79 Å². The van der Waals surface area contributed by atoms with Crippen molar-refractivity contribution >= 4 is 5.91 Å². The molecule has 3 nitrogen and oxygen atoms in total. The maximum atomic E-state index is 13.1. The zero-order valence-electron chi connectivity index (χ0n) is 12.2. The summed E-state index contributed by atoms with van der Waals surface area (Å²) >= 11 is 0. The Morgan fingerprint density at radius 2 is 1.90 bits per heavy atom. The molecule has 0 aliphatic heterocycles. The van der Waals surface area contributed by atoms with Gasteiger partial charge in [-0.2, -0.15) is 0 Å². The van der Waals surface area contributed by atoms with E-state index in [0.717, 1.165) is 5.56 Å². The molecule has 110 valence electrons. The van der Waals surface area contributed by atoms with E-state index in [2.05, 4.69) is 5.32 Å². The van der Waals surface area contributed by atoms with E-state index in [0.29, 0.717) is 11.1 Å². The van der Waals surface area contributed by atoms with Crippen molar-refractivity contribution in [3.05, 3.63) is 71.0 Å². The molecule has 1 amide bonds. The van der Waals surface area contributed by atoms with Crippen molar-refractivity contribution in [1.29, 1.82) is 0 Å². The number of aryl methyl sites for hydroxylation is 1. The highest BCUT2D eigenvalue weighted by molar-refractivity contribution is 5.96. The van der Waals surface area contributed by atoms with Gasteiger partial charge in [-0.1, -0.05) is 30.3 Å². The van der Waals surface area contributed by atoms with Crippen LogP contribution in [0, 0.1) is 12.7 Å². The van der Waals surface area contributed by atoms with Crippen LogP contribution in [0.5, 0.6) is 0 Å². The van der Waals surface area contributed by atoms with Crippen molar-refractivity contribution in [1.82, 2.24) is 5.32 Å². The maximum absolute atomic E-state index is 13.1. The van der Waals surface area contributed by atoms with Gasteiger partial charge in [-0.05, 0) is 43.2 Å². The van der Waals surface area contributed by atoms with E-state index < -0.39 is 5.54 Å². The van der Waals surface area contributed by atoms with E-state index in [1.54, 1.807) is 6.92 Å². The average Bonchev–Trinajstić information content (AvgIpc) is 2.47. The van der Waals surface area contributed by atoms with Crippen molar-refractivity contribution < 1.29 is 9.18 Å². The van der Waals surface area contributed by atoms with Gasteiger partial charge in [0, 0.05) is 12.1 Å². The quantitative estimate of drug-likeness (QED) is 0.908. The van der Waals surface area contributed by atoms with Gasteiger partial charge in [-0.25, -0.2) is 4.39 Å². The van der Waals surface area contributed by atoms with Crippen molar-refractivity contribution in [2.75, 3.05) is 6.54 Å². The highest BCUT2D eigenvalue weighted by Gasteiger charge is 2.27. The van der Waals surface area contributed by atoms with Crippen LogP contribution in [0.3, 0.4) is 0 Å². The summed E-state index contributed by atoms with van der Waals surface area (Å²) in [5, 5.41) is 2.95. The molecule has 0 bridgehead atoms. The molecule has 0 aromatic heterocycles. The number of halogens is 1. The highest BCUT2D eigenvalue weighted by atomic mass is 19.1. The van der Waals surface area contributed by atoms with Crippen LogP contribution in [0.1, 0.15) is 28.4 Å². The monoisotopic (exact) mass is 286 g/mol. The van der Waals surface area contributed by atoms with Gasteiger partial charge in [0.05, 0.1) is 5.54 Å². The number of hydrogen-bond acceptors (Lipinski definition) is 2. The summed E-state index contributed by atoms with van der Waals surface area (Å²) in [4.78, 5) is 12.4. The summed E-state index contributed by atoms with van der Waals surface area (Å²) in [7, 11) is 0. The molecule has 0 radical (unpaired) electrons. The third-order valence-corrected chi connectivity index (χ3v) is 3.64. The van der Waals surface area contributed by atoms with Crippen LogP contribution in [0.15, 0.2) is 48.5 Å². The molecule has 0 spiro atoms. The number of rotatable bonds is 4. The van der Waals surface area contributed by atoms with Crippen LogP contribution in [-0.4, -0.2) is 12.5 Å². The molecule has 2 aromatic carbocycles. The van der Waals surface area contributed by atoms with Gasteiger partial charge in [0.15, 0.2) is 0 Å². The lowest BCUT2D eigenvalue weighted by atomic mass is 9.91. The topological polar surface area (TPSA) is 55.1 Å². The van der Waals surface area contributed by atoms with Crippen molar-refractivity contribution in [3.63, 3.8) is 0 Å². The molecular weight excluding hydrogens is 267 g/mol. The van der Waals surface area contributed by atoms with E-state index in [1.165, 1.54) is 18.2 Å². The van der Waals surface area contributed by atoms with Crippen LogP contribution in [0.2, 0.25) is 0 Å². The molecule has 0 saturated heterocycles. The molecular formula is C17H19FN2O. The third-order valence-electron chi connectivity index (χ3n) is 3.64. The second kappa shape index (κ2) is 6.06. The summed E-state index contributed by atoms with van der Waals surface area (Å²) in [5.41, 5.74) is 7.16. The lowest BCUT2D eigenvalue weighted by molar-refractivity contribution is 0.0907. The number of carbonyl (C=O) groups is 1. The van der Waals surface area contributed by atoms with E-state index >= 15 is 0 Å². The minimum Gasteiger partial charge on any atom is -0.342 e. The van der Waals surface area contributed by atoms with Crippen LogP contribution >= 0.6 is 0 Å². The molecule has 3 N–H and O–H groups in total. The summed E-state index contributed by atoms with van der Waals surface area (Å²) in [5.74, 6) is -0.613. The fourth-order valence-electron chi connectivity index (χ4n) is 2.25. The normalized spacial score (nSPS) is 13.5. The Labute approximate surface area is 124 Å². The van der Waals surface area contributed by atoms with Crippen LogP contribution in [-0.2, 0) is 5.54 Å². The first-order valence-electron chi connectivity index (χ1n) is 6.80. The van der Waals surface area contributed by atoms with Gasteiger partial charge in [0.1, 0.15) is 5.82 Å². The van der Waals surface area contributed by atoms with E-state index in [9.17, 15) is 9.18 Å². The molecule has 1 unspecified atom stereocenters. The molecule has 0 saturated carbocycles. The Hall–Kier alpha value is -2.20. The van der Waals surface area contributed by atoms with Gasteiger partial charge in [-0.15, -0.1) is 0 Å². The zero-order chi connectivity index (χ0) is 15.5. The van der Waals surface area contributed by atoms with Crippen molar-refractivity contribution in [3.8, 4) is 0 Å². The number of hydrogen-bond donors (Lipinski definition) is 2. The number of carbonyl (C=O) groups excluding carboxylic acids is 1. The second-order valence-corrected chi connectivity index (χ2v) is 5.32. The lowest BCUT2D eigenvalue weighted by Gasteiger charge is -2.30. The summed E-state index contributed by atoms with van der Waals surface area (Å²) in [6.07, 6.45) is 0. The van der Waals surface area contributed by atoms with E-state index in [-0.39, 0.29) is 18.3 Å². The third kappa shape index (κ3) is 3.28. The number of amides is 1. The van der Waals surface area contributed by atoms with Crippen LogP contribution in [0.4, 0.5) is 4.39 Å². The first-order valence-corrected chi connectivity index (χ1v) is 6.80. The summed E-state index contributed by atoms with van der Waals surface area (Å²) in [6, 6.07) is 13.7. The molecule has 0 aliphatic carbocycles. The summed E-state index contributed by atoms with van der Waals surface area (Å²) < 4.78 is 13.1. The zero-order valence-corrected chi connectivity index (χ0v) is 12.2. The van der Waals surface area contributed by atoms with Gasteiger partial charge < -0.3 is 11.1 Å². The molecule has 4 heteroatoms. The van der Waals surface area contributed by atoms with E-state index in [1.807, 2.05) is 37.3 Å². The second-order valence-electron chi connectivity index (χ2n) is 5.32. The minimum absolute atomic E-state index is 0.260. The molecule has 0 aliphatic rings. The van der Waals surface area contributed by atoms with Crippen molar-refractivity contribution in [2.24, 2.45) is 5.73 Å². The van der Waals surface area contributed by atoms with Crippen LogP contribution < -0.4 is 11.1 Å². The Balaban J connectivity index is 2.28. The van der Waals surface area contributed by atoms with Gasteiger partial charge in [0.2, 0.25) is 0 Å². The molecule has 21 heavy (non-hydrogen) atoms. The Kier molecular flexibility index (Phi) is 4.38. The molecule has 0 heterocycles. The summed E-state index contributed by atoms with van der Waals surface area (Å²) in [6.45, 7) is 3.85. The number of nitrogens with two attached hydrogens (primary N) is 1. The van der Waals surface area contributed by atoms with Gasteiger partial charge >= 0.3 is 0 Å².